The van der Waals surface area contributed by atoms with Gasteiger partial charge in [0.05, 0.1) is 0 Å². The third-order valence-corrected chi connectivity index (χ3v) is 1.83. The molecule has 2 N–H and O–H groups in total. The predicted molar refractivity (Wildman–Crippen MR) is 55.5 cm³/mol. The molecule has 0 rings (SSSR count). The van der Waals surface area contributed by atoms with Crippen LogP contribution in [0.5, 0.6) is 0 Å². The second-order valence-corrected chi connectivity index (χ2v) is 4.52. The van der Waals surface area contributed by atoms with Crippen molar-refractivity contribution in [2.24, 2.45) is 5.41 Å². The van der Waals surface area contributed by atoms with Crippen LogP contribution < -0.4 is 10.6 Å². The Kier molecular flexibility index (Phi) is 6.39. The van der Waals surface area contributed by atoms with Gasteiger partial charge in [-0.25, -0.2) is 0 Å². The molecule has 2 nitrogen and oxygen atoms in total. The van der Waals surface area contributed by atoms with Gasteiger partial charge in [0, 0.05) is 13.1 Å². The first-order valence-corrected chi connectivity index (χ1v) is 4.91. The van der Waals surface area contributed by atoms with Crippen molar-refractivity contribution < 1.29 is 0 Å². The van der Waals surface area contributed by atoms with Crippen LogP contribution in [0.3, 0.4) is 0 Å². The van der Waals surface area contributed by atoms with E-state index in [-0.39, 0.29) is 0 Å². The van der Waals surface area contributed by atoms with Gasteiger partial charge in [0.2, 0.25) is 0 Å². The van der Waals surface area contributed by atoms with E-state index in [0.29, 0.717) is 5.41 Å². The molecule has 0 bridgehead atoms. The molecule has 0 saturated carbocycles. The van der Waals surface area contributed by atoms with Crippen LogP contribution >= 0.6 is 0 Å². The Labute approximate surface area is 77.1 Å². The maximum absolute atomic E-state index is 3.40. The fraction of sp³-hybridized carbons (Fsp3) is 1.00. The van der Waals surface area contributed by atoms with E-state index in [9.17, 15) is 0 Å². The number of rotatable bonds is 6. The molecule has 0 radical (unpaired) electrons. The van der Waals surface area contributed by atoms with Crippen LogP contribution in [0.15, 0.2) is 0 Å². The highest BCUT2D eigenvalue weighted by Crippen LogP contribution is 2.19. The zero-order valence-corrected chi connectivity index (χ0v) is 9.04. The van der Waals surface area contributed by atoms with Crippen LogP contribution in [0.1, 0.15) is 33.6 Å². The molecule has 0 aromatic rings. The Balaban J connectivity index is 3.01. The smallest absolute Gasteiger partial charge is 0.00766 e. The van der Waals surface area contributed by atoms with Gasteiger partial charge in [-0.05, 0) is 31.8 Å². The average molecular weight is 172 g/mol. The van der Waals surface area contributed by atoms with E-state index in [1.54, 1.807) is 0 Å². The molecular weight excluding hydrogens is 148 g/mol. The van der Waals surface area contributed by atoms with Crippen LogP contribution in [-0.2, 0) is 0 Å². The normalized spacial score (nSPS) is 12.0. The molecule has 0 aliphatic rings. The van der Waals surface area contributed by atoms with Crippen LogP contribution in [0.4, 0.5) is 0 Å². The molecule has 0 amide bonds. The summed E-state index contributed by atoms with van der Waals surface area (Å²) in [6.45, 7) is 10.2. The molecule has 2 heteroatoms. The number of hydrogen-bond donors (Lipinski definition) is 2. The van der Waals surface area contributed by atoms with E-state index in [4.69, 9.17) is 0 Å². The Morgan fingerprint density at radius 2 is 1.67 bits per heavy atom. The second kappa shape index (κ2) is 6.44. The summed E-state index contributed by atoms with van der Waals surface area (Å²) in [5.41, 5.74) is 0.491. The molecular formula is C10H24N2. The summed E-state index contributed by atoms with van der Waals surface area (Å²) >= 11 is 0. The molecule has 0 aliphatic carbocycles. The zero-order chi connectivity index (χ0) is 9.45. The summed E-state index contributed by atoms with van der Waals surface area (Å²) in [4.78, 5) is 0. The number of hydrogen-bond acceptors (Lipinski definition) is 2. The molecule has 12 heavy (non-hydrogen) atoms. The molecule has 0 fully saturated rings. The Hall–Kier alpha value is -0.0800. The average Bonchev–Trinajstić information content (AvgIpc) is 1.94. The van der Waals surface area contributed by atoms with Crippen molar-refractivity contribution in [3.8, 4) is 0 Å². The Morgan fingerprint density at radius 3 is 2.17 bits per heavy atom. The van der Waals surface area contributed by atoms with E-state index in [0.717, 1.165) is 19.6 Å². The first kappa shape index (κ1) is 11.9. The molecule has 0 aliphatic heterocycles. The fourth-order valence-corrected chi connectivity index (χ4v) is 1.08. The summed E-state index contributed by atoms with van der Waals surface area (Å²) in [6.07, 6.45) is 2.59. The van der Waals surface area contributed by atoms with Crippen molar-refractivity contribution in [1.82, 2.24) is 10.6 Å². The largest absolute Gasteiger partial charge is 0.318 e. The van der Waals surface area contributed by atoms with Gasteiger partial charge in [-0.15, -0.1) is 0 Å². The minimum Gasteiger partial charge on any atom is -0.318 e. The van der Waals surface area contributed by atoms with Crippen molar-refractivity contribution in [2.45, 2.75) is 33.6 Å². The summed E-state index contributed by atoms with van der Waals surface area (Å²) in [5, 5.41) is 6.51. The molecule has 0 saturated heterocycles. The molecule has 0 atom stereocenters. The predicted octanol–water partition coefficient (Wildman–Crippen LogP) is 1.62. The lowest BCUT2D eigenvalue weighted by atomic mass is 9.91. The molecule has 0 aromatic heterocycles. The minimum absolute atomic E-state index is 0.491. The maximum Gasteiger partial charge on any atom is 0.00766 e. The van der Waals surface area contributed by atoms with Crippen LogP contribution in [0.25, 0.3) is 0 Å². The zero-order valence-electron chi connectivity index (χ0n) is 9.04. The third-order valence-electron chi connectivity index (χ3n) is 1.83. The third kappa shape index (κ3) is 9.92. The first-order valence-electron chi connectivity index (χ1n) is 4.91. The van der Waals surface area contributed by atoms with Crippen molar-refractivity contribution >= 4 is 0 Å². The lowest BCUT2D eigenvalue weighted by Gasteiger charge is -2.17. The van der Waals surface area contributed by atoms with Crippen LogP contribution in [0, 0.1) is 5.41 Å². The molecule has 0 aromatic carbocycles. The molecule has 74 valence electrons. The highest BCUT2D eigenvalue weighted by Gasteiger charge is 2.08. The van der Waals surface area contributed by atoms with Crippen molar-refractivity contribution in [3.05, 3.63) is 0 Å². The van der Waals surface area contributed by atoms with Crippen molar-refractivity contribution in [1.29, 1.82) is 0 Å². The molecule has 0 spiro atoms. The minimum atomic E-state index is 0.491. The van der Waals surface area contributed by atoms with E-state index in [1.165, 1.54) is 12.8 Å². The van der Waals surface area contributed by atoms with Crippen LogP contribution in [-0.4, -0.2) is 26.7 Å². The van der Waals surface area contributed by atoms with E-state index < -0.39 is 0 Å². The van der Waals surface area contributed by atoms with Crippen LogP contribution in [0.2, 0.25) is 0 Å². The highest BCUT2D eigenvalue weighted by atomic mass is 14.9. The van der Waals surface area contributed by atoms with Gasteiger partial charge in [0.15, 0.2) is 0 Å². The van der Waals surface area contributed by atoms with Gasteiger partial charge in [0.1, 0.15) is 0 Å². The Morgan fingerprint density at radius 1 is 1.00 bits per heavy atom. The van der Waals surface area contributed by atoms with E-state index in [1.807, 2.05) is 7.05 Å². The standard InChI is InChI=1S/C10H24N2/c1-10(2,3)6-5-7-12-9-8-11-4/h11-12H,5-9H2,1-4H3. The highest BCUT2D eigenvalue weighted by molar-refractivity contribution is 4.62. The topological polar surface area (TPSA) is 24.1 Å². The Bertz CT molecular complexity index is 94.5. The molecule has 0 heterocycles. The summed E-state index contributed by atoms with van der Waals surface area (Å²) in [7, 11) is 1.98. The van der Waals surface area contributed by atoms with Gasteiger partial charge in [0.25, 0.3) is 0 Å². The summed E-state index contributed by atoms with van der Waals surface area (Å²) in [6, 6.07) is 0. The van der Waals surface area contributed by atoms with Gasteiger partial charge in [-0.1, -0.05) is 20.8 Å². The number of likely N-dealkylation sites (N-methyl/N-ethyl adjacent to an activating group) is 1. The van der Waals surface area contributed by atoms with Crippen molar-refractivity contribution in [2.75, 3.05) is 26.7 Å². The summed E-state index contributed by atoms with van der Waals surface area (Å²) < 4.78 is 0. The molecule has 0 unspecified atom stereocenters. The second-order valence-electron chi connectivity index (χ2n) is 4.52. The number of nitrogens with one attached hydrogen (secondary N) is 2. The van der Waals surface area contributed by atoms with E-state index >= 15 is 0 Å². The lowest BCUT2D eigenvalue weighted by Crippen LogP contribution is -2.26. The summed E-state index contributed by atoms with van der Waals surface area (Å²) in [5.74, 6) is 0. The lowest BCUT2D eigenvalue weighted by molar-refractivity contribution is 0.361. The maximum atomic E-state index is 3.40. The van der Waals surface area contributed by atoms with Gasteiger partial charge >= 0.3 is 0 Å². The van der Waals surface area contributed by atoms with Crippen molar-refractivity contribution in [3.63, 3.8) is 0 Å². The SMILES string of the molecule is CNCCNCCCC(C)(C)C. The monoisotopic (exact) mass is 172 g/mol. The first-order chi connectivity index (χ1) is 5.56. The van der Waals surface area contributed by atoms with E-state index in [2.05, 4.69) is 31.4 Å². The quantitative estimate of drug-likeness (QED) is 0.595. The van der Waals surface area contributed by atoms with Gasteiger partial charge < -0.3 is 10.6 Å². The fourth-order valence-electron chi connectivity index (χ4n) is 1.08. The van der Waals surface area contributed by atoms with Gasteiger partial charge in [-0.3, -0.25) is 0 Å². The van der Waals surface area contributed by atoms with Gasteiger partial charge in [-0.2, -0.15) is 0 Å².